The summed E-state index contributed by atoms with van der Waals surface area (Å²) in [6.45, 7) is 3.92. The third-order valence-electron chi connectivity index (χ3n) is 4.87. The number of hydrogen-bond donors (Lipinski definition) is 0. The molecule has 0 N–H and O–H groups in total. The molecule has 1 aliphatic heterocycles. The van der Waals surface area contributed by atoms with Crippen LogP contribution in [-0.2, 0) is 17.0 Å². The van der Waals surface area contributed by atoms with Gasteiger partial charge in [-0.15, -0.1) is 0 Å². The predicted molar refractivity (Wildman–Crippen MR) is 112 cm³/mol. The van der Waals surface area contributed by atoms with Gasteiger partial charge in [-0.25, -0.2) is 4.98 Å². The predicted octanol–water partition coefficient (Wildman–Crippen LogP) is 4.27. The van der Waals surface area contributed by atoms with E-state index in [1.54, 1.807) is 16.3 Å². The van der Waals surface area contributed by atoms with Gasteiger partial charge in [0.15, 0.2) is 5.16 Å². The number of rotatable bonds is 7. The van der Waals surface area contributed by atoms with Gasteiger partial charge in [0, 0.05) is 17.9 Å². The molecule has 0 radical (unpaired) electrons. The van der Waals surface area contributed by atoms with Crippen molar-refractivity contribution in [1.29, 1.82) is 0 Å². The standard InChI is InChI=1S/C22H24N2O3S/c1-2-26-20-12-6-3-8-16(20)15-28-22-23-19-11-5-4-10-18(19)21(25)24(22)14-17-9-7-13-27-17/h3-6,8,10-12,17H,2,7,9,13-15H2,1H3/t17-/m1/s1. The van der Waals surface area contributed by atoms with Gasteiger partial charge in [0.25, 0.3) is 5.56 Å². The summed E-state index contributed by atoms with van der Waals surface area (Å²) < 4.78 is 13.3. The van der Waals surface area contributed by atoms with Crippen molar-refractivity contribution in [3.05, 3.63) is 64.4 Å². The minimum Gasteiger partial charge on any atom is -0.494 e. The number of aromatic nitrogens is 2. The maximum Gasteiger partial charge on any atom is 0.262 e. The van der Waals surface area contributed by atoms with Crippen LogP contribution in [0.5, 0.6) is 5.75 Å². The molecule has 3 aromatic rings. The van der Waals surface area contributed by atoms with E-state index >= 15 is 0 Å². The van der Waals surface area contributed by atoms with Crippen molar-refractivity contribution in [2.75, 3.05) is 13.2 Å². The van der Waals surface area contributed by atoms with Gasteiger partial charge in [-0.05, 0) is 38.0 Å². The molecule has 1 saturated heterocycles. The molecule has 1 aromatic heterocycles. The minimum atomic E-state index is 0.00157. The highest BCUT2D eigenvalue weighted by Gasteiger charge is 2.20. The molecule has 0 unspecified atom stereocenters. The third kappa shape index (κ3) is 4.08. The number of fused-ring (bicyclic) bond motifs is 1. The number of benzene rings is 2. The topological polar surface area (TPSA) is 53.3 Å². The molecule has 146 valence electrons. The second-order valence-corrected chi connectivity index (χ2v) is 7.73. The van der Waals surface area contributed by atoms with Gasteiger partial charge in [0.1, 0.15) is 5.75 Å². The van der Waals surface area contributed by atoms with Crippen molar-refractivity contribution >= 4 is 22.7 Å². The second-order valence-electron chi connectivity index (χ2n) is 6.79. The van der Waals surface area contributed by atoms with E-state index in [4.69, 9.17) is 14.5 Å². The quantitative estimate of drug-likeness (QED) is 0.441. The van der Waals surface area contributed by atoms with Crippen molar-refractivity contribution < 1.29 is 9.47 Å². The summed E-state index contributed by atoms with van der Waals surface area (Å²) in [6.07, 6.45) is 2.11. The largest absolute Gasteiger partial charge is 0.494 e. The first-order chi connectivity index (χ1) is 13.8. The first-order valence-electron chi connectivity index (χ1n) is 9.71. The zero-order valence-electron chi connectivity index (χ0n) is 16.0. The highest BCUT2D eigenvalue weighted by atomic mass is 32.2. The molecular formula is C22H24N2O3S. The Bertz CT molecular complexity index is 1010. The summed E-state index contributed by atoms with van der Waals surface area (Å²) in [5.41, 5.74) is 1.83. The van der Waals surface area contributed by atoms with Crippen LogP contribution in [0.2, 0.25) is 0 Å². The molecule has 0 aliphatic carbocycles. The van der Waals surface area contributed by atoms with E-state index in [2.05, 4.69) is 6.07 Å². The van der Waals surface area contributed by atoms with Gasteiger partial charge >= 0.3 is 0 Å². The summed E-state index contributed by atoms with van der Waals surface area (Å²) >= 11 is 1.57. The molecule has 1 fully saturated rings. The molecule has 0 saturated carbocycles. The summed E-state index contributed by atoms with van der Waals surface area (Å²) in [5, 5.41) is 1.38. The molecular weight excluding hydrogens is 372 g/mol. The van der Waals surface area contributed by atoms with E-state index < -0.39 is 0 Å². The van der Waals surface area contributed by atoms with Crippen molar-refractivity contribution in [3.63, 3.8) is 0 Å². The summed E-state index contributed by atoms with van der Waals surface area (Å²) in [6, 6.07) is 15.5. The molecule has 4 rings (SSSR count). The van der Waals surface area contributed by atoms with Crippen LogP contribution in [0.15, 0.2) is 58.5 Å². The van der Waals surface area contributed by atoms with Gasteiger partial charge in [-0.1, -0.05) is 42.1 Å². The van der Waals surface area contributed by atoms with Crippen LogP contribution in [0.25, 0.3) is 10.9 Å². The molecule has 1 atom stereocenters. The van der Waals surface area contributed by atoms with Crippen molar-refractivity contribution in [1.82, 2.24) is 9.55 Å². The Morgan fingerprint density at radius 3 is 2.86 bits per heavy atom. The first kappa shape index (κ1) is 19.0. The maximum absolute atomic E-state index is 13.1. The zero-order valence-corrected chi connectivity index (χ0v) is 16.8. The average Bonchev–Trinajstić information content (AvgIpc) is 3.23. The normalized spacial score (nSPS) is 16.5. The van der Waals surface area contributed by atoms with Crippen LogP contribution >= 0.6 is 11.8 Å². The SMILES string of the molecule is CCOc1ccccc1CSc1nc2ccccc2c(=O)n1C[C@H]1CCCO1. The van der Waals surface area contributed by atoms with E-state index in [0.717, 1.165) is 41.4 Å². The number of para-hydroxylation sites is 2. The smallest absolute Gasteiger partial charge is 0.262 e. The van der Waals surface area contributed by atoms with Gasteiger partial charge < -0.3 is 9.47 Å². The van der Waals surface area contributed by atoms with Gasteiger partial charge in [-0.3, -0.25) is 9.36 Å². The minimum absolute atomic E-state index is 0.00157. The Hall–Kier alpha value is -2.31. The number of hydrogen-bond acceptors (Lipinski definition) is 5. The van der Waals surface area contributed by atoms with Crippen molar-refractivity contribution in [2.24, 2.45) is 0 Å². The monoisotopic (exact) mass is 396 g/mol. The Morgan fingerprint density at radius 1 is 1.21 bits per heavy atom. The number of nitrogens with zero attached hydrogens (tertiary/aromatic N) is 2. The third-order valence-corrected chi connectivity index (χ3v) is 5.89. The van der Waals surface area contributed by atoms with Crippen molar-refractivity contribution in [3.8, 4) is 5.75 Å². The molecule has 0 bridgehead atoms. The van der Waals surface area contributed by atoms with Crippen LogP contribution < -0.4 is 10.3 Å². The van der Waals surface area contributed by atoms with E-state index in [-0.39, 0.29) is 11.7 Å². The Labute approximate surface area is 168 Å². The highest BCUT2D eigenvalue weighted by molar-refractivity contribution is 7.98. The summed E-state index contributed by atoms with van der Waals surface area (Å²) in [7, 11) is 0. The van der Waals surface area contributed by atoms with Crippen LogP contribution in [0, 0.1) is 0 Å². The van der Waals surface area contributed by atoms with Crippen LogP contribution in [0.1, 0.15) is 25.3 Å². The molecule has 2 heterocycles. The lowest BCUT2D eigenvalue weighted by Crippen LogP contribution is -2.28. The average molecular weight is 397 g/mol. The van der Waals surface area contributed by atoms with E-state index in [0.29, 0.717) is 24.3 Å². The molecule has 5 nitrogen and oxygen atoms in total. The molecule has 2 aromatic carbocycles. The Morgan fingerprint density at radius 2 is 2.04 bits per heavy atom. The van der Waals surface area contributed by atoms with E-state index in [1.165, 1.54) is 0 Å². The van der Waals surface area contributed by atoms with Crippen molar-refractivity contribution in [2.45, 2.75) is 43.3 Å². The molecule has 0 amide bonds. The lowest BCUT2D eigenvalue weighted by Gasteiger charge is -2.17. The fraction of sp³-hybridized carbons (Fsp3) is 0.364. The lowest BCUT2D eigenvalue weighted by atomic mass is 10.2. The van der Waals surface area contributed by atoms with Crippen LogP contribution in [0.3, 0.4) is 0 Å². The highest BCUT2D eigenvalue weighted by Crippen LogP contribution is 2.28. The first-order valence-corrected chi connectivity index (χ1v) is 10.7. The molecule has 28 heavy (non-hydrogen) atoms. The fourth-order valence-corrected chi connectivity index (χ4v) is 4.47. The molecule has 1 aliphatic rings. The van der Waals surface area contributed by atoms with Gasteiger partial charge in [-0.2, -0.15) is 0 Å². The summed E-state index contributed by atoms with van der Waals surface area (Å²) in [4.78, 5) is 17.9. The van der Waals surface area contributed by atoms with Gasteiger partial charge in [0.2, 0.25) is 0 Å². The Kier molecular flexibility index (Phi) is 5.98. The van der Waals surface area contributed by atoms with Gasteiger partial charge in [0.05, 0.1) is 30.2 Å². The maximum atomic E-state index is 13.1. The number of ether oxygens (including phenoxy) is 2. The second kappa shape index (κ2) is 8.80. The van der Waals surface area contributed by atoms with Crippen LogP contribution in [-0.4, -0.2) is 28.9 Å². The zero-order chi connectivity index (χ0) is 19.3. The number of thioether (sulfide) groups is 1. The van der Waals surface area contributed by atoms with Crippen LogP contribution in [0.4, 0.5) is 0 Å². The molecule has 6 heteroatoms. The molecule has 0 spiro atoms. The van der Waals surface area contributed by atoms with E-state index in [1.807, 2.05) is 49.4 Å². The Balaban J connectivity index is 1.67. The fourth-order valence-electron chi connectivity index (χ4n) is 3.47. The van der Waals surface area contributed by atoms with E-state index in [9.17, 15) is 4.79 Å². The lowest BCUT2D eigenvalue weighted by molar-refractivity contribution is 0.0937. The summed E-state index contributed by atoms with van der Waals surface area (Å²) in [5.74, 6) is 1.57.